The number of hydrogen-bond acceptors (Lipinski definition) is 3. The van der Waals surface area contributed by atoms with E-state index in [1.165, 1.54) is 0 Å². The monoisotopic (exact) mass is 256 g/mol. The van der Waals surface area contributed by atoms with Crippen molar-refractivity contribution in [3.8, 4) is 5.88 Å². The summed E-state index contributed by atoms with van der Waals surface area (Å²) in [5, 5.41) is 7.23. The van der Waals surface area contributed by atoms with Crippen molar-refractivity contribution >= 4 is 8.32 Å². The van der Waals surface area contributed by atoms with Crippen LogP contribution in [0.25, 0.3) is 0 Å². The summed E-state index contributed by atoms with van der Waals surface area (Å²) < 4.78 is 11.4. The smallest absolute Gasteiger partial charge is 0.232 e. The first-order valence-corrected chi connectivity index (χ1v) is 8.98. The molecule has 0 radical (unpaired) electrons. The van der Waals surface area contributed by atoms with Crippen LogP contribution in [0.3, 0.4) is 0 Å². The summed E-state index contributed by atoms with van der Waals surface area (Å²) in [6, 6.07) is 1.90. The molecule has 1 rings (SSSR count). The third-order valence-electron chi connectivity index (χ3n) is 3.29. The highest BCUT2D eigenvalue weighted by Crippen LogP contribution is 2.37. The molecular weight excluding hydrogens is 232 g/mol. The van der Waals surface area contributed by atoms with E-state index >= 15 is 0 Å². The number of hydrogen-bond donors (Lipinski definition) is 1. The molecular formula is C12H24N2O2Si. The molecule has 1 aromatic rings. The number of aromatic nitrogens is 2. The topological polar surface area (TPSA) is 47.1 Å². The van der Waals surface area contributed by atoms with Gasteiger partial charge in [-0.3, -0.25) is 5.10 Å². The Morgan fingerprint density at radius 3 is 2.53 bits per heavy atom. The number of ether oxygens (including phenoxy) is 1. The number of aromatic amines is 1. The maximum Gasteiger partial charge on any atom is 0.232 e. The van der Waals surface area contributed by atoms with Crippen molar-refractivity contribution in [1.82, 2.24) is 10.2 Å². The summed E-state index contributed by atoms with van der Waals surface area (Å²) in [4.78, 5) is 0. The van der Waals surface area contributed by atoms with E-state index < -0.39 is 8.32 Å². The molecule has 0 aliphatic rings. The second-order valence-electron chi connectivity index (χ2n) is 5.71. The zero-order chi connectivity index (χ0) is 13.1. The molecule has 0 saturated heterocycles. The Hall–Kier alpha value is -0.813. The van der Waals surface area contributed by atoms with Crippen LogP contribution >= 0.6 is 0 Å². The minimum Gasteiger partial charge on any atom is -0.477 e. The molecule has 5 heteroatoms. The fourth-order valence-electron chi connectivity index (χ4n) is 1.11. The Morgan fingerprint density at radius 1 is 1.35 bits per heavy atom. The zero-order valence-corrected chi connectivity index (χ0v) is 12.8. The molecule has 0 aliphatic carbocycles. The summed E-state index contributed by atoms with van der Waals surface area (Å²) in [7, 11) is -1.69. The number of H-pyrrole nitrogens is 1. The van der Waals surface area contributed by atoms with Crippen LogP contribution in [0.15, 0.2) is 6.07 Å². The Bertz CT molecular complexity index is 356. The molecule has 0 spiro atoms. The molecule has 98 valence electrons. The second-order valence-corrected chi connectivity index (χ2v) is 10.5. The molecule has 0 amide bonds. The molecule has 0 aliphatic heterocycles. The van der Waals surface area contributed by atoms with Crippen LogP contribution in [-0.4, -0.2) is 25.1 Å². The number of rotatable bonds is 5. The maximum atomic E-state index is 6.08. The van der Waals surface area contributed by atoms with Gasteiger partial charge in [0, 0.05) is 6.07 Å². The fourth-order valence-corrected chi connectivity index (χ4v) is 2.06. The Balaban J connectivity index is 2.55. The summed E-state index contributed by atoms with van der Waals surface area (Å²) >= 11 is 0. The average Bonchev–Trinajstić information content (AvgIpc) is 2.62. The molecule has 17 heavy (non-hydrogen) atoms. The number of nitrogens with one attached hydrogen (secondary N) is 1. The first-order valence-electron chi connectivity index (χ1n) is 6.07. The fraction of sp³-hybridized carbons (Fsp3) is 0.750. The second kappa shape index (κ2) is 5.22. The minimum atomic E-state index is -1.69. The molecule has 0 aromatic carbocycles. The van der Waals surface area contributed by atoms with Crippen LogP contribution in [0, 0.1) is 0 Å². The summed E-state index contributed by atoms with van der Waals surface area (Å²) in [5.41, 5.74) is 0.971. The average molecular weight is 256 g/mol. The molecule has 1 aromatic heterocycles. The summed E-state index contributed by atoms with van der Waals surface area (Å²) in [6.45, 7) is 14.3. The van der Waals surface area contributed by atoms with Gasteiger partial charge in [0.15, 0.2) is 8.32 Å². The Morgan fingerprint density at radius 2 is 2.00 bits per heavy atom. The van der Waals surface area contributed by atoms with Gasteiger partial charge in [-0.2, -0.15) is 0 Å². The largest absolute Gasteiger partial charge is 0.477 e. The third kappa shape index (κ3) is 3.85. The van der Waals surface area contributed by atoms with Crippen molar-refractivity contribution in [2.45, 2.75) is 52.4 Å². The molecule has 0 fully saturated rings. The Kier molecular flexibility index (Phi) is 4.38. The maximum absolute atomic E-state index is 6.08. The predicted molar refractivity (Wildman–Crippen MR) is 71.7 cm³/mol. The standard InChI is InChI=1S/C12H24N2O2Si/c1-7-15-11-8-10(13-14-11)9-16-17(5,6)12(2,3)4/h8H,7,9H2,1-6H3,(H,13,14). The van der Waals surface area contributed by atoms with Crippen molar-refractivity contribution in [1.29, 1.82) is 0 Å². The molecule has 0 unspecified atom stereocenters. The van der Waals surface area contributed by atoms with Gasteiger partial charge in [0.25, 0.3) is 0 Å². The quantitative estimate of drug-likeness (QED) is 0.822. The van der Waals surface area contributed by atoms with E-state index in [1.54, 1.807) is 0 Å². The van der Waals surface area contributed by atoms with Gasteiger partial charge in [-0.25, -0.2) is 0 Å². The van der Waals surface area contributed by atoms with Crippen LogP contribution in [0.2, 0.25) is 18.1 Å². The van der Waals surface area contributed by atoms with Crippen LogP contribution < -0.4 is 4.74 Å². The van der Waals surface area contributed by atoms with E-state index in [9.17, 15) is 0 Å². The lowest BCUT2D eigenvalue weighted by molar-refractivity contribution is 0.272. The SMILES string of the molecule is CCOc1cc(CO[Si](C)(C)C(C)(C)C)[nH]n1. The predicted octanol–water partition coefficient (Wildman–Crippen LogP) is 3.33. The van der Waals surface area contributed by atoms with Crippen LogP contribution in [0.4, 0.5) is 0 Å². The highest BCUT2D eigenvalue weighted by atomic mass is 28.4. The van der Waals surface area contributed by atoms with Crippen LogP contribution in [0.1, 0.15) is 33.4 Å². The zero-order valence-electron chi connectivity index (χ0n) is 11.8. The van der Waals surface area contributed by atoms with Crippen molar-refractivity contribution in [2.75, 3.05) is 6.61 Å². The van der Waals surface area contributed by atoms with Gasteiger partial charge < -0.3 is 9.16 Å². The molecule has 0 saturated carbocycles. The first-order chi connectivity index (χ1) is 7.76. The van der Waals surface area contributed by atoms with Crippen molar-refractivity contribution < 1.29 is 9.16 Å². The van der Waals surface area contributed by atoms with Gasteiger partial charge >= 0.3 is 0 Å². The van der Waals surface area contributed by atoms with Crippen molar-refractivity contribution in [2.24, 2.45) is 0 Å². The van der Waals surface area contributed by atoms with E-state index in [4.69, 9.17) is 9.16 Å². The van der Waals surface area contributed by atoms with Gasteiger partial charge in [-0.05, 0) is 25.1 Å². The highest BCUT2D eigenvalue weighted by Gasteiger charge is 2.37. The van der Waals surface area contributed by atoms with E-state index in [0.29, 0.717) is 19.1 Å². The Labute approximate surface area is 105 Å². The van der Waals surface area contributed by atoms with E-state index in [0.717, 1.165) is 5.69 Å². The van der Waals surface area contributed by atoms with Crippen LogP contribution in [-0.2, 0) is 11.0 Å². The van der Waals surface area contributed by atoms with Gasteiger partial charge in [-0.1, -0.05) is 20.8 Å². The van der Waals surface area contributed by atoms with E-state index in [-0.39, 0.29) is 5.04 Å². The molecule has 1 N–H and O–H groups in total. The lowest BCUT2D eigenvalue weighted by Gasteiger charge is -2.35. The van der Waals surface area contributed by atoms with Gasteiger partial charge in [0.05, 0.1) is 18.9 Å². The molecule has 0 bridgehead atoms. The molecule has 0 atom stereocenters. The first kappa shape index (κ1) is 14.2. The normalized spacial score (nSPS) is 12.8. The van der Waals surface area contributed by atoms with Crippen molar-refractivity contribution in [3.63, 3.8) is 0 Å². The molecule has 1 heterocycles. The van der Waals surface area contributed by atoms with E-state index in [2.05, 4.69) is 44.1 Å². The van der Waals surface area contributed by atoms with Gasteiger partial charge in [0.1, 0.15) is 0 Å². The number of nitrogens with zero attached hydrogens (tertiary/aromatic N) is 1. The third-order valence-corrected chi connectivity index (χ3v) is 7.77. The van der Waals surface area contributed by atoms with Crippen LogP contribution in [0.5, 0.6) is 5.88 Å². The van der Waals surface area contributed by atoms with Gasteiger partial charge in [-0.15, -0.1) is 5.10 Å². The van der Waals surface area contributed by atoms with Crippen molar-refractivity contribution in [3.05, 3.63) is 11.8 Å². The lowest BCUT2D eigenvalue weighted by Crippen LogP contribution is -2.40. The minimum absolute atomic E-state index is 0.232. The van der Waals surface area contributed by atoms with Gasteiger partial charge in [0.2, 0.25) is 5.88 Å². The van der Waals surface area contributed by atoms with E-state index in [1.807, 2.05) is 13.0 Å². The summed E-state index contributed by atoms with van der Waals surface area (Å²) in [5.74, 6) is 0.640. The lowest BCUT2D eigenvalue weighted by atomic mass is 10.2. The molecule has 4 nitrogen and oxygen atoms in total. The highest BCUT2D eigenvalue weighted by molar-refractivity contribution is 6.74. The summed E-state index contributed by atoms with van der Waals surface area (Å²) in [6.07, 6.45) is 0.